The van der Waals surface area contributed by atoms with E-state index in [9.17, 15) is 18.7 Å². The molecule has 1 unspecified atom stereocenters. The number of carbonyl (C=O) groups excluding carboxylic acids is 1. The van der Waals surface area contributed by atoms with E-state index in [0.717, 1.165) is 41.8 Å². The van der Waals surface area contributed by atoms with Crippen molar-refractivity contribution in [3.63, 3.8) is 0 Å². The van der Waals surface area contributed by atoms with Crippen LogP contribution in [0, 0.1) is 18.6 Å². The first-order valence-corrected chi connectivity index (χ1v) is 13.1. The Labute approximate surface area is 214 Å². The molecule has 2 aromatic heterocycles. The van der Waals surface area contributed by atoms with Gasteiger partial charge in [0.25, 0.3) is 0 Å². The Morgan fingerprint density at radius 1 is 1.22 bits per heavy atom. The van der Waals surface area contributed by atoms with Gasteiger partial charge in [-0.15, -0.1) is 11.3 Å². The number of nitrogens with one attached hydrogen (secondary N) is 1. The van der Waals surface area contributed by atoms with Crippen LogP contribution in [0.25, 0.3) is 0 Å². The molecule has 2 heterocycles. The second kappa shape index (κ2) is 12.9. The van der Waals surface area contributed by atoms with Crippen LogP contribution in [-0.2, 0) is 23.3 Å². The maximum absolute atomic E-state index is 14.8. The lowest BCUT2D eigenvalue weighted by Crippen LogP contribution is -2.39. The minimum Gasteiger partial charge on any atom is -0.462 e. The summed E-state index contributed by atoms with van der Waals surface area (Å²) in [5, 5.41) is 19.3. The van der Waals surface area contributed by atoms with E-state index in [4.69, 9.17) is 4.74 Å². The van der Waals surface area contributed by atoms with Crippen LogP contribution in [0.5, 0.6) is 0 Å². The number of hydrogen-bond donors (Lipinski definition) is 2. The van der Waals surface area contributed by atoms with Gasteiger partial charge in [-0.3, -0.25) is 0 Å². The number of benzene rings is 1. The predicted molar refractivity (Wildman–Crippen MR) is 136 cm³/mol. The van der Waals surface area contributed by atoms with Gasteiger partial charge < -0.3 is 15.2 Å². The van der Waals surface area contributed by atoms with Crippen molar-refractivity contribution in [2.45, 2.75) is 71.4 Å². The summed E-state index contributed by atoms with van der Waals surface area (Å²) in [5.74, 6) is -2.06. The van der Waals surface area contributed by atoms with Gasteiger partial charge >= 0.3 is 5.97 Å². The van der Waals surface area contributed by atoms with E-state index in [1.807, 2.05) is 6.92 Å². The van der Waals surface area contributed by atoms with Crippen LogP contribution in [0.2, 0.25) is 0 Å². The van der Waals surface area contributed by atoms with Crippen LogP contribution in [0.4, 0.5) is 13.8 Å². The van der Waals surface area contributed by atoms with Crippen molar-refractivity contribution in [3.05, 3.63) is 64.1 Å². The summed E-state index contributed by atoms with van der Waals surface area (Å²) in [6.07, 6.45) is 9.23. The fraction of sp³-hybridized carbons (Fsp3) is 0.500. The summed E-state index contributed by atoms with van der Waals surface area (Å²) in [4.78, 5) is 17.8. The van der Waals surface area contributed by atoms with Gasteiger partial charge in [-0.2, -0.15) is 5.10 Å². The summed E-state index contributed by atoms with van der Waals surface area (Å²) in [6, 6.07) is 3.05. The number of unbranched alkanes of at least 4 members (excludes halogenated alkanes) is 4. The molecule has 0 saturated carbocycles. The van der Waals surface area contributed by atoms with Crippen LogP contribution in [0.15, 0.2) is 30.9 Å². The predicted octanol–water partition coefficient (Wildman–Crippen LogP) is 5.62. The van der Waals surface area contributed by atoms with E-state index in [0.29, 0.717) is 10.6 Å². The molecule has 10 heteroatoms. The number of anilines is 1. The van der Waals surface area contributed by atoms with Crippen LogP contribution in [-0.4, -0.2) is 39.0 Å². The SMILES string of the molecule is CCCCCCCc1sc(NCC(O)(Cn2cncn2)c2ccc(F)cc2F)c(C(=O)OCC)c1C. The topological polar surface area (TPSA) is 89.3 Å². The number of nitrogens with zero attached hydrogens (tertiary/aromatic N) is 3. The fourth-order valence-electron chi connectivity index (χ4n) is 4.17. The van der Waals surface area contributed by atoms with Gasteiger partial charge in [0.2, 0.25) is 0 Å². The number of hydrogen-bond acceptors (Lipinski definition) is 7. The zero-order chi connectivity index (χ0) is 26.1. The molecule has 0 saturated heterocycles. The Bertz CT molecular complexity index is 1140. The highest BCUT2D eigenvalue weighted by molar-refractivity contribution is 7.16. The number of thiophene rings is 1. The van der Waals surface area contributed by atoms with Crippen molar-refractivity contribution >= 4 is 22.3 Å². The monoisotopic (exact) mass is 520 g/mol. The molecular weight excluding hydrogens is 486 g/mol. The first-order valence-electron chi connectivity index (χ1n) is 12.3. The van der Waals surface area contributed by atoms with Gasteiger partial charge in [-0.05, 0) is 38.3 Å². The highest BCUT2D eigenvalue weighted by Gasteiger charge is 2.34. The third-order valence-electron chi connectivity index (χ3n) is 6.10. The number of aliphatic hydroxyl groups is 1. The number of aromatic nitrogens is 3. The molecule has 0 spiro atoms. The number of carbonyl (C=O) groups is 1. The third-order valence-corrected chi connectivity index (χ3v) is 7.41. The Morgan fingerprint density at radius 2 is 2.00 bits per heavy atom. The molecule has 36 heavy (non-hydrogen) atoms. The maximum atomic E-state index is 14.8. The molecule has 0 radical (unpaired) electrons. The molecule has 0 aliphatic rings. The minimum absolute atomic E-state index is 0.0889. The molecule has 0 aliphatic carbocycles. The Kier molecular flexibility index (Phi) is 9.95. The largest absolute Gasteiger partial charge is 0.462 e. The van der Waals surface area contributed by atoms with Gasteiger partial charge in [0.1, 0.15) is 34.9 Å². The summed E-state index contributed by atoms with van der Waals surface area (Å²) in [5.41, 5.74) is -0.623. The highest BCUT2D eigenvalue weighted by atomic mass is 32.1. The Morgan fingerprint density at radius 3 is 2.67 bits per heavy atom. The van der Waals surface area contributed by atoms with E-state index in [1.165, 1.54) is 54.0 Å². The van der Waals surface area contributed by atoms with Gasteiger partial charge in [-0.1, -0.05) is 38.7 Å². The van der Waals surface area contributed by atoms with Crippen molar-refractivity contribution in [1.82, 2.24) is 14.8 Å². The summed E-state index contributed by atoms with van der Waals surface area (Å²) < 4.78 is 35.0. The number of halogens is 2. The van der Waals surface area contributed by atoms with E-state index in [1.54, 1.807) is 6.92 Å². The maximum Gasteiger partial charge on any atom is 0.341 e. The number of ether oxygens (including phenoxy) is 1. The zero-order valence-corrected chi connectivity index (χ0v) is 21.8. The van der Waals surface area contributed by atoms with E-state index in [2.05, 4.69) is 22.3 Å². The average Bonchev–Trinajstić information content (AvgIpc) is 3.45. The molecule has 0 aliphatic heterocycles. The molecule has 7 nitrogen and oxygen atoms in total. The van der Waals surface area contributed by atoms with E-state index < -0.39 is 23.2 Å². The van der Waals surface area contributed by atoms with Crippen LogP contribution in [0.3, 0.4) is 0 Å². The number of aryl methyl sites for hydroxylation is 1. The molecule has 0 amide bonds. The van der Waals surface area contributed by atoms with Crippen molar-refractivity contribution < 1.29 is 23.4 Å². The lowest BCUT2D eigenvalue weighted by atomic mass is 9.92. The van der Waals surface area contributed by atoms with Crippen molar-refractivity contribution in [2.24, 2.45) is 0 Å². The summed E-state index contributed by atoms with van der Waals surface area (Å²) >= 11 is 1.44. The molecular formula is C26H34F2N4O3S. The lowest BCUT2D eigenvalue weighted by Gasteiger charge is -2.29. The molecule has 2 N–H and O–H groups in total. The Balaban J connectivity index is 1.89. The van der Waals surface area contributed by atoms with Crippen LogP contribution < -0.4 is 5.32 Å². The van der Waals surface area contributed by atoms with Crippen molar-refractivity contribution in [1.29, 1.82) is 0 Å². The molecule has 0 fully saturated rings. The minimum atomic E-state index is -1.81. The summed E-state index contributed by atoms with van der Waals surface area (Å²) in [6.45, 7) is 5.77. The van der Waals surface area contributed by atoms with Crippen molar-refractivity contribution in [3.8, 4) is 0 Å². The fourth-order valence-corrected chi connectivity index (χ4v) is 5.40. The standard InChI is InChI=1S/C26H34F2N4O3S/c1-4-6-7-8-9-10-22-18(3)23(25(33)35-5-2)24(36-22)30-14-26(34,15-32-17-29-16-31-32)20-12-11-19(27)13-21(20)28/h11-13,16-17,30,34H,4-10,14-15H2,1-3H3. The second-order valence-electron chi connectivity index (χ2n) is 8.84. The van der Waals surface area contributed by atoms with Gasteiger partial charge in [-0.25, -0.2) is 23.2 Å². The normalized spacial score (nSPS) is 12.9. The van der Waals surface area contributed by atoms with E-state index >= 15 is 0 Å². The van der Waals surface area contributed by atoms with E-state index in [-0.39, 0.29) is 25.3 Å². The van der Waals surface area contributed by atoms with Gasteiger partial charge in [0.05, 0.1) is 25.3 Å². The summed E-state index contributed by atoms with van der Waals surface area (Å²) in [7, 11) is 0. The number of rotatable bonds is 14. The van der Waals surface area contributed by atoms with Crippen LogP contribution in [0.1, 0.15) is 72.3 Å². The van der Waals surface area contributed by atoms with Crippen LogP contribution >= 0.6 is 11.3 Å². The first-order chi connectivity index (χ1) is 17.3. The Hall–Kier alpha value is -2.85. The highest BCUT2D eigenvalue weighted by Crippen LogP contribution is 2.36. The third kappa shape index (κ3) is 6.88. The smallest absolute Gasteiger partial charge is 0.341 e. The molecule has 3 aromatic rings. The molecule has 1 atom stereocenters. The molecule has 1 aromatic carbocycles. The lowest BCUT2D eigenvalue weighted by molar-refractivity contribution is 0.0246. The quantitative estimate of drug-likeness (QED) is 0.212. The van der Waals surface area contributed by atoms with Gasteiger partial charge in [0, 0.05) is 16.5 Å². The first kappa shape index (κ1) is 27.7. The molecule has 196 valence electrons. The second-order valence-corrected chi connectivity index (χ2v) is 9.95. The number of esters is 1. The molecule has 3 rings (SSSR count). The zero-order valence-electron chi connectivity index (χ0n) is 21.0. The molecule has 0 bridgehead atoms. The van der Waals surface area contributed by atoms with Crippen molar-refractivity contribution in [2.75, 3.05) is 18.5 Å². The van der Waals surface area contributed by atoms with Gasteiger partial charge in [0.15, 0.2) is 0 Å². The average molecular weight is 521 g/mol.